The lowest BCUT2D eigenvalue weighted by molar-refractivity contribution is -0.153. The van der Waals surface area contributed by atoms with E-state index in [-0.39, 0.29) is 5.92 Å². The Hall–Kier alpha value is -1.04. The van der Waals surface area contributed by atoms with Crippen LogP contribution < -0.4 is 0 Å². The molecule has 0 aromatic rings. The summed E-state index contributed by atoms with van der Waals surface area (Å²) >= 11 is 0. The van der Waals surface area contributed by atoms with Crippen molar-refractivity contribution >= 4 is 5.97 Å². The molecule has 2 atom stereocenters. The zero-order valence-electron chi connectivity index (χ0n) is 10.2. The zero-order valence-corrected chi connectivity index (χ0v) is 10.2. The fourth-order valence-electron chi connectivity index (χ4n) is 1.44. The molecule has 0 aromatic heterocycles. The fraction of sp³-hybridized carbons (Fsp3) is 0.833. The molecule has 0 N–H and O–H groups in total. The van der Waals surface area contributed by atoms with Gasteiger partial charge in [0.05, 0.1) is 12.7 Å². The van der Waals surface area contributed by atoms with Crippen molar-refractivity contribution in [1.82, 2.24) is 0 Å². The Bertz CT molecular complexity index is 244. The Kier molecular flexibility index (Phi) is 6.00. The number of carbonyl (C=O) groups is 1. The van der Waals surface area contributed by atoms with Crippen molar-refractivity contribution in [1.29, 1.82) is 5.26 Å². The second-order valence-electron chi connectivity index (χ2n) is 4.08. The van der Waals surface area contributed by atoms with Crippen LogP contribution in [-0.2, 0) is 9.53 Å². The molecule has 0 aliphatic rings. The van der Waals surface area contributed by atoms with Gasteiger partial charge in [0.1, 0.15) is 0 Å². The molecule has 0 bridgehead atoms. The first-order valence-electron chi connectivity index (χ1n) is 5.61. The van der Waals surface area contributed by atoms with Gasteiger partial charge in [0.25, 0.3) is 0 Å². The van der Waals surface area contributed by atoms with Crippen LogP contribution in [0.2, 0.25) is 0 Å². The molecule has 86 valence electrons. The average molecular weight is 211 g/mol. The number of rotatable bonds is 6. The maximum Gasteiger partial charge on any atom is 0.326 e. The van der Waals surface area contributed by atoms with Crippen LogP contribution in [0, 0.1) is 22.7 Å². The highest BCUT2D eigenvalue weighted by atomic mass is 16.5. The van der Waals surface area contributed by atoms with Crippen LogP contribution in [0.3, 0.4) is 0 Å². The van der Waals surface area contributed by atoms with Gasteiger partial charge in [0.2, 0.25) is 0 Å². The molecule has 0 radical (unpaired) electrons. The molecule has 0 heterocycles. The van der Waals surface area contributed by atoms with E-state index in [1.54, 1.807) is 13.8 Å². The van der Waals surface area contributed by atoms with E-state index in [0.717, 1.165) is 19.3 Å². The average Bonchev–Trinajstić information content (AvgIpc) is 2.24. The molecule has 0 aromatic carbocycles. The standard InChI is InChI=1S/C12H21NO2/c1-5-7-8-10(3)12(4,9-13)11(14)15-6-2/h10H,5-8H2,1-4H3/t10-,12?/m1/s1. The number of esters is 1. The van der Waals surface area contributed by atoms with Crippen molar-refractivity contribution in [3.05, 3.63) is 0 Å². The van der Waals surface area contributed by atoms with E-state index in [1.807, 2.05) is 6.92 Å². The second-order valence-corrected chi connectivity index (χ2v) is 4.08. The van der Waals surface area contributed by atoms with Gasteiger partial charge in [-0.15, -0.1) is 0 Å². The van der Waals surface area contributed by atoms with E-state index in [0.29, 0.717) is 6.61 Å². The first-order chi connectivity index (χ1) is 7.02. The molecular formula is C12H21NO2. The van der Waals surface area contributed by atoms with Crippen molar-refractivity contribution in [2.75, 3.05) is 6.61 Å². The highest BCUT2D eigenvalue weighted by molar-refractivity contribution is 5.79. The molecule has 0 aliphatic carbocycles. The van der Waals surface area contributed by atoms with Gasteiger partial charge in [-0.3, -0.25) is 4.79 Å². The summed E-state index contributed by atoms with van der Waals surface area (Å²) in [6.07, 6.45) is 3.01. The smallest absolute Gasteiger partial charge is 0.326 e. The van der Waals surface area contributed by atoms with Gasteiger partial charge in [-0.25, -0.2) is 0 Å². The van der Waals surface area contributed by atoms with Gasteiger partial charge >= 0.3 is 5.97 Å². The van der Waals surface area contributed by atoms with Gasteiger partial charge in [-0.2, -0.15) is 5.26 Å². The van der Waals surface area contributed by atoms with Crippen molar-refractivity contribution < 1.29 is 9.53 Å². The summed E-state index contributed by atoms with van der Waals surface area (Å²) in [7, 11) is 0. The minimum absolute atomic E-state index is 0.0431. The van der Waals surface area contributed by atoms with Crippen LogP contribution in [0.4, 0.5) is 0 Å². The first kappa shape index (κ1) is 14.0. The topological polar surface area (TPSA) is 50.1 Å². The van der Waals surface area contributed by atoms with Gasteiger partial charge < -0.3 is 4.74 Å². The lowest BCUT2D eigenvalue weighted by Gasteiger charge is -2.26. The third-order valence-corrected chi connectivity index (χ3v) is 2.91. The van der Waals surface area contributed by atoms with E-state index in [9.17, 15) is 4.79 Å². The lowest BCUT2D eigenvalue weighted by Crippen LogP contribution is -2.34. The molecule has 0 saturated heterocycles. The van der Waals surface area contributed by atoms with Crippen molar-refractivity contribution in [2.45, 2.75) is 47.0 Å². The monoisotopic (exact) mass is 211 g/mol. The maximum atomic E-state index is 11.7. The van der Waals surface area contributed by atoms with E-state index in [2.05, 4.69) is 13.0 Å². The summed E-state index contributed by atoms with van der Waals surface area (Å²) in [6.45, 7) is 7.80. The molecule has 0 fully saturated rings. The summed E-state index contributed by atoms with van der Waals surface area (Å²) in [5.41, 5.74) is -0.995. The normalized spacial score (nSPS) is 16.2. The number of carbonyl (C=O) groups excluding carboxylic acids is 1. The minimum Gasteiger partial charge on any atom is -0.465 e. The Morgan fingerprint density at radius 2 is 2.13 bits per heavy atom. The lowest BCUT2D eigenvalue weighted by atomic mass is 9.77. The summed E-state index contributed by atoms with van der Waals surface area (Å²) in [5, 5.41) is 9.10. The van der Waals surface area contributed by atoms with Gasteiger partial charge in [0.15, 0.2) is 5.41 Å². The number of ether oxygens (including phenoxy) is 1. The summed E-state index contributed by atoms with van der Waals surface area (Å²) in [6, 6.07) is 2.10. The van der Waals surface area contributed by atoms with Crippen LogP contribution in [0.15, 0.2) is 0 Å². The van der Waals surface area contributed by atoms with Crippen LogP contribution >= 0.6 is 0 Å². The van der Waals surface area contributed by atoms with Crippen LogP contribution in [0.25, 0.3) is 0 Å². The summed E-state index contributed by atoms with van der Waals surface area (Å²) in [5.74, 6) is -0.349. The SMILES string of the molecule is CCCC[C@@H](C)C(C)(C#N)C(=O)OCC. The number of nitrogens with zero attached hydrogens (tertiary/aromatic N) is 1. The largest absolute Gasteiger partial charge is 0.465 e. The van der Waals surface area contributed by atoms with Gasteiger partial charge in [-0.05, 0) is 26.2 Å². The molecule has 0 aliphatic heterocycles. The molecule has 3 heteroatoms. The third-order valence-electron chi connectivity index (χ3n) is 2.91. The molecule has 3 nitrogen and oxygen atoms in total. The number of hydrogen-bond acceptors (Lipinski definition) is 3. The van der Waals surface area contributed by atoms with Crippen LogP contribution in [0.1, 0.15) is 47.0 Å². The van der Waals surface area contributed by atoms with E-state index in [1.165, 1.54) is 0 Å². The molecule has 0 rings (SSSR count). The quantitative estimate of drug-likeness (QED) is 0.635. The Morgan fingerprint density at radius 3 is 2.53 bits per heavy atom. The maximum absolute atomic E-state index is 11.7. The summed E-state index contributed by atoms with van der Waals surface area (Å²) < 4.78 is 4.94. The Morgan fingerprint density at radius 1 is 1.53 bits per heavy atom. The van der Waals surface area contributed by atoms with Crippen LogP contribution in [-0.4, -0.2) is 12.6 Å². The summed E-state index contributed by atoms with van der Waals surface area (Å²) in [4.78, 5) is 11.7. The molecule has 0 saturated carbocycles. The zero-order chi connectivity index (χ0) is 11.9. The van der Waals surface area contributed by atoms with Gasteiger partial charge in [-0.1, -0.05) is 26.7 Å². The predicted octanol–water partition coefficient (Wildman–Crippen LogP) is 2.91. The highest BCUT2D eigenvalue weighted by Gasteiger charge is 2.40. The third kappa shape index (κ3) is 3.54. The van der Waals surface area contributed by atoms with Gasteiger partial charge in [0, 0.05) is 0 Å². The number of unbranched alkanes of at least 4 members (excludes halogenated alkanes) is 1. The number of nitriles is 1. The highest BCUT2D eigenvalue weighted by Crippen LogP contribution is 2.31. The molecular weight excluding hydrogens is 190 g/mol. The van der Waals surface area contributed by atoms with Crippen molar-refractivity contribution in [3.8, 4) is 6.07 Å². The Balaban J connectivity index is 4.55. The first-order valence-corrected chi connectivity index (χ1v) is 5.61. The van der Waals surface area contributed by atoms with Crippen molar-refractivity contribution in [2.24, 2.45) is 11.3 Å². The van der Waals surface area contributed by atoms with E-state index < -0.39 is 11.4 Å². The molecule has 0 spiro atoms. The second kappa shape index (κ2) is 6.44. The molecule has 15 heavy (non-hydrogen) atoms. The van der Waals surface area contributed by atoms with E-state index >= 15 is 0 Å². The predicted molar refractivity (Wildman–Crippen MR) is 59.0 cm³/mol. The number of hydrogen-bond donors (Lipinski definition) is 0. The molecule has 1 unspecified atom stereocenters. The van der Waals surface area contributed by atoms with Crippen molar-refractivity contribution in [3.63, 3.8) is 0 Å². The molecule has 0 amide bonds. The fourth-order valence-corrected chi connectivity index (χ4v) is 1.44. The van der Waals surface area contributed by atoms with E-state index in [4.69, 9.17) is 10.00 Å². The minimum atomic E-state index is -0.995. The van der Waals surface area contributed by atoms with Crippen LogP contribution in [0.5, 0.6) is 0 Å². The Labute approximate surface area is 92.4 Å².